The lowest BCUT2D eigenvalue weighted by atomic mass is 10.2. The molecule has 0 aliphatic carbocycles. The number of ether oxygens (including phenoxy) is 1. The summed E-state index contributed by atoms with van der Waals surface area (Å²) in [6.07, 6.45) is 3.67. The molecule has 6 nitrogen and oxygen atoms in total. The van der Waals surface area contributed by atoms with Crippen molar-refractivity contribution in [2.75, 3.05) is 38.2 Å². The summed E-state index contributed by atoms with van der Waals surface area (Å²) >= 11 is 0. The molecule has 1 aromatic heterocycles. The molecule has 3 rings (SSSR count). The highest BCUT2D eigenvalue weighted by Gasteiger charge is 2.21. The number of anilines is 1. The highest BCUT2D eigenvalue weighted by atomic mass is 16.5. The van der Waals surface area contributed by atoms with Gasteiger partial charge in [0.05, 0.1) is 13.3 Å². The van der Waals surface area contributed by atoms with Gasteiger partial charge in [0.15, 0.2) is 0 Å². The predicted molar refractivity (Wildman–Crippen MR) is 88.8 cm³/mol. The van der Waals surface area contributed by atoms with Crippen molar-refractivity contribution in [3.8, 4) is 5.75 Å². The molecule has 0 bridgehead atoms. The number of piperazine rings is 1. The molecule has 1 saturated heterocycles. The second-order valence-electron chi connectivity index (χ2n) is 5.78. The number of amides is 1. The average molecular weight is 314 g/mol. The molecule has 1 amide bonds. The third kappa shape index (κ3) is 3.64. The Kier molecular flexibility index (Phi) is 4.50. The maximum Gasteiger partial charge on any atom is 0.244 e. The topological polar surface area (TPSA) is 50.6 Å². The third-order valence-electron chi connectivity index (χ3n) is 4.11. The van der Waals surface area contributed by atoms with Crippen molar-refractivity contribution in [3.63, 3.8) is 0 Å². The van der Waals surface area contributed by atoms with E-state index in [2.05, 4.69) is 16.1 Å². The monoisotopic (exact) mass is 314 g/mol. The minimum absolute atomic E-state index is 0.124. The van der Waals surface area contributed by atoms with Crippen LogP contribution in [0, 0.1) is 6.92 Å². The first-order valence-electron chi connectivity index (χ1n) is 7.81. The summed E-state index contributed by atoms with van der Waals surface area (Å²) < 4.78 is 6.97. The first-order valence-corrected chi connectivity index (χ1v) is 7.81. The van der Waals surface area contributed by atoms with E-state index in [0.717, 1.165) is 43.2 Å². The van der Waals surface area contributed by atoms with Crippen molar-refractivity contribution in [3.05, 3.63) is 42.2 Å². The van der Waals surface area contributed by atoms with Gasteiger partial charge >= 0.3 is 0 Å². The summed E-state index contributed by atoms with van der Waals surface area (Å²) in [5, 5.41) is 4.18. The Bertz CT molecular complexity index is 675. The molecular formula is C17H22N4O2. The molecule has 0 atom stereocenters. The molecule has 1 aliphatic heterocycles. The number of benzene rings is 1. The van der Waals surface area contributed by atoms with Crippen LogP contribution in [0.3, 0.4) is 0 Å². The molecule has 0 N–H and O–H groups in total. The molecule has 0 radical (unpaired) electrons. The van der Waals surface area contributed by atoms with Crippen LogP contribution >= 0.6 is 0 Å². The van der Waals surface area contributed by atoms with Crippen LogP contribution in [0.25, 0.3) is 0 Å². The van der Waals surface area contributed by atoms with Crippen LogP contribution < -0.4 is 9.64 Å². The van der Waals surface area contributed by atoms with Crippen molar-refractivity contribution in [1.29, 1.82) is 0 Å². The zero-order chi connectivity index (χ0) is 16.2. The van der Waals surface area contributed by atoms with E-state index in [0.29, 0.717) is 6.54 Å². The van der Waals surface area contributed by atoms with Crippen LogP contribution in [-0.2, 0) is 11.3 Å². The molecule has 2 heterocycles. The Hall–Kier alpha value is -2.50. The van der Waals surface area contributed by atoms with Crippen molar-refractivity contribution >= 4 is 11.6 Å². The van der Waals surface area contributed by atoms with Crippen LogP contribution in [0.2, 0.25) is 0 Å². The molecule has 1 fully saturated rings. The molecular weight excluding hydrogens is 292 g/mol. The quantitative estimate of drug-likeness (QED) is 0.859. The van der Waals surface area contributed by atoms with E-state index in [1.54, 1.807) is 18.0 Å². The van der Waals surface area contributed by atoms with Gasteiger partial charge in [0.2, 0.25) is 5.91 Å². The Morgan fingerprint density at radius 2 is 2.04 bits per heavy atom. The van der Waals surface area contributed by atoms with Crippen LogP contribution in [0.4, 0.5) is 5.69 Å². The molecule has 1 aliphatic rings. The van der Waals surface area contributed by atoms with Gasteiger partial charge in [-0.15, -0.1) is 0 Å². The molecule has 0 saturated carbocycles. The summed E-state index contributed by atoms with van der Waals surface area (Å²) in [6, 6.07) is 8.04. The maximum absolute atomic E-state index is 12.3. The predicted octanol–water partition coefficient (Wildman–Crippen LogP) is 1.55. The first kappa shape index (κ1) is 15.4. The highest BCUT2D eigenvalue weighted by molar-refractivity contribution is 5.76. The zero-order valence-electron chi connectivity index (χ0n) is 13.6. The third-order valence-corrected chi connectivity index (χ3v) is 4.11. The van der Waals surface area contributed by atoms with Gasteiger partial charge in [-0.3, -0.25) is 9.48 Å². The minimum Gasteiger partial charge on any atom is -0.497 e. The lowest BCUT2D eigenvalue weighted by molar-refractivity contribution is -0.132. The molecule has 0 spiro atoms. The Morgan fingerprint density at radius 3 is 2.70 bits per heavy atom. The van der Waals surface area contributed by atoms with Crippen LogP contribution in [0.5, 0.6) is 5.75 Å². The molecule has 1 aromatic carbocycles. The van der Waals surface area contributed by atoms with Gasteiger partial charge in [0, 0.05) is 44.1 Å². The molecule has 122 valence electrons. The fourth-order valence-electron chi connectivity index (χ4n) is 2.81. The van der Waals surface area contributed by atoms with Crippen molar-refractivity contribution in [2.45, 2.75) is 13.5 Å². The van der Waals surface area contributed by atoms with E-state index >= 15 is 0 Å². The second-order valence-corrected chi connectivity index (χ2v) is 5.78. The number of carbonyl (C=O) groups excluding carboxylic acids is 1. The first-order chi connectivity index (χ1) is 11.2. The minimum atomic E-state index is 0.124. The van der Waals surface area contributed by atoms with Crippen molar-refractivity contribution in [1.82, 2.24) is 14.7 Å². The van der Waals surface area contributed by atoms with Gasteiger partial charge < -0.3 is 14.5 Å². The standard InChI is InChI=1S/C17H22N4O2/c1-14-11-18-21(12-14)13-17(22)20-8-6-19(7-9-20)15-4-3-5-16(10-15)23-2/h3-5,10-12H,6-9,13H2,1-2H3. The lowest BCUT2D eigenvalue weighted by Gasteiger charge is -2.36. The highest BCUT2D eigenvalue weighted by Crippen LogP contribution is 2.22. The Morgan fingerprint density at radius 1 is 1.26 bits per heavy atom. The average Bonchev–Trinajstić information content (AvgIpc) is 3.00. The summed E-state index contributed by atoms with van der Waals surface area (Å²) in [7, 11) is 1.67. The largest absolute Gasteiger partial charge is 0.497 e. The number of nitrogens with zero attached hydrogens (tertiary/aromatic N) is 4. The van der Waals surface area contributed by atoms with E-state index in [9.17, 15) is 4.79 Å². The number of rotatable bonds is 4. The van der Waals surface area contributed by atoms with Crippen LogP contribution in [-0.4, -0.2) is 53.9 Å². The van der Waals surface area contributed by atoms with Gasteiger partial charge in [0.25, 0.3) is 0 Å². The smallest absolute Gasteiger partial charge is 0.244 e. The fourth-order valence-corrected chi connectivity index (χ4v) is 2.81. The van der Waals surface area contributed by atoms with Crippen LogP contribution in [0.15, 0.2) is 36.7 Å². The zero-order valence-corrected chi connectivity index (χ0v) is 13.6. The second kappa shape index (κ2) is 6.73. The number of hydrogen-bond donors (Lipinski definition) is 0. The molecule has 23 heavy (non-hydrogen) atoms. The van der Waals surface area contributed by atoms with Crippen LogP contribution in [0.1, 0.15) is 5.56 Å². The van der Waals surface area contributed by atoms with Gasteiger partial charge in [-0.2, -0.15) is 5.10 Å². The van der Waals surface area contributed by atoms with E-state index < -0.39 is 0 Å². The maximum atomic E-state index is 12.3. The summed E-state index contributed by atoms with van der Waals surface area (Å²) in [5.74, 6) is 0.980. The van der Waals surface area contributed by atoms with Gasteiger partial charge in [0.1, 0.15) is 12.3 Å². The fraction of sp³-hybridized carbons (Fsp3) is 0.412. The number of aromatic nitrogens is 2. The van der Waals surface area contributed by atoms with Gasteiger partial charge in [-0.25, -0.2) is 0 Å². The van der Waals surface area contributed by atoms with E-state index in [1.807, 2.05) is 36.2 Å². The van der Waals surface area contributed by atoms with Gasteiger partial charge in [-0.1, -0.05) is 6.07 Å². The summed E-state index contributed by atoms with van der Waals surface area (Å²) in [4.78, 5) is 16.5. The summed E-state index contributed by atoms with van der Waals surface area (Å²) in [6.45, 7) is 5.41. The van der Waals surface area contributed by atoms with Gasteiger partial charge in [-0.05, 0) is 24.6 Å². The number of methoxy groups -OCH3 is 1. The summed E-state index contributed by atoms with van der Waals surface area (Å²) in [5.41, 5.74) is 2.21. The number of hydrogen-bond acceptors (Lipinski definition) is 4. The number of aryl methyl sites for hydroxylation is 1. The van der Waals surface area contributed by atoms with Crippen molar-refractivity contribution < 1.29 is 9.53 Å². The SMILES string of the molecule is COc1cccc(N2CCN(C(=O)Cn3cc(C)cn3)CC2)c1. The number of carbonyl (C=O) groups is 1. The Balaban J connectivity index is 1.56. The molecule has 2 aromatic rings. The Labute approximate surface area is 136 Å². The van der Waals surface area contributed by atoms with Crippen molar-refractivity contribution in [2.24, 2.45) is 0 Å². The van der Waals surface area contributed by atoms with E-state index in [4.69, 9.17) is 4.74 Å². The lowest BCUT2D eigenvalue weighted by Crippen LogP contribution is -2.49. The molecule has 6 heteroatoms. The normalized spacial score (nSPS) is 14.9. The van der Waals surface area contributed by atoms with E-state index in [1.165, 1.54) is 0 Å². The van der Waals surface area contributed by atoms with E-state index in [-0.39, 0.29) is 5.91 Å². The molecule has 0 unspecified atom stereocenters.